The predicted octanol–water partition coefficient (Wildman–Crippen LogP) is 1.83. The third-order valence-electron chi connectivity index (χ3n) is 3.40. The second-order valence-electron chi connectivity index (χ2n) is 5.16. The first-order valence-corrected chi connectivity index (χ1v) is 8.50. The van der Waals surface area contributed by atoms with Crippen molar-refractivity contribution in [2.45, 2.75) is 23.9 Å². The van der Waals surface area contributed by atoms with Gasteiger partial charge in [0.2, 0.25) is 5.91 Å². The molecule has 2 rings (SSSR count). The predicted molar refractivity (Wildman–Crippen MR) is 96.4 cm³/mol. The Kier molecular flexibility index (Phi) is 6.57. The molecule has 24 heavy (non-hydrogen) atoms. The largest absolute Gasteiger partial charge is 0.383 e. The van der Waals surface area contributed by atoms with Gasteiger partial charge in [0.1, 0.15) is 0 Å². The molecule has 1 heterocycles. The Hall–Kier alpha value is -2.12. The van der Waals surface area contributed by atoms with Crippen LogP contribution in [0.3, 0.4) is 0 Å². The molecule has 1 atom stereocenters. The number of methoxy groups -OCH3 is 1. The number of carbonyl (C=O) groups excluding carboxylic acids is 1. The molecule has 7 heteroatoms. The van der Waals surface area contributed by atoms with Gasteiger partial charge in [-0.3, -0.25) is 14.2 Å². The fourth-order valence-electron chi connectivity index (χ4n) is 2.16. The molecule has 0 spiro atoms. The quantitative estimate of drug-likeness (QED) is 0.341. The summed E-state index contributed by atoms with van der Waals surface area (Å²) in [5.41, 5.74) is 0.493. The molecular formula is C17H21N3O3S. The van der Waals surface area contributed by atoms with Crippen LogP contribution in [0, 0.1) is 0 Å². The normalized spacial score (nSPS) is 12.1. The summed E-state index contributed by atoms with van der Waals surface area (Å²) in [6, 6.07) is 7.19. The third-order valence-corrected chi connectivity index (χ3v) is 4.49. The number of nitrogens with zero attached hydrogens (tertiary/aromatic N) is 2. The van der Waals surface area contributed by atoms with Crippen molar-refractivity contribution in [3.8, 4) is 0 Å². The number of amides is 1. The van der Waals surface area contributed by atoms with Gasteiger partial charge in [0.15, 0.2) is 5.16 Å². The zero-order chi connectivity index (χ0) is 17.5. The van der Waals surface area contributed by atoms with Gasteiger partial charge in [-0.25, -0.2) is 4.98 Å². The van der Waals surface area contributed by atoms with Crippen molar-refractivity contribution in [1.29, 1.82) is 0 Å². The Morgan fingerprint density at radius 2 is 2.25 bits per heavy atom. The number of aromatic nitrogens is 2. The van der Waals surface area contributed by atoms with E-state index in [1.807, 2.05) is 12.1 Å². The molecule has 0 aliphatic rings. The molecule has 0 unspecified atom stereocenters. The summed E-state index contributed by atoms with van der Waals surface area (Å²) < 4.78 is 6.46. The van der Waals surface area contributed by atoms with Crippen LogP contribution in [0.2, 0.25) is 0 Å². The van der Waals surface area contributed by atoms with Gasteiger partial charge in [-0.1, -0.05) is 30.0 Å². The van der Waals surface area contributed by atoms with Crippen molar-refractivity contribution in [3.05, 3.63) is 47.3 Å². The van der Waals surface area contributed by atoms with Crippen molar-refractivity contribution in [3.63, 3.8) is 0 Å². The number of hydrogen-bond acceptors (Lipinski definition) is 5. The summed E-state index contributed by atoms with van der Waals surface area (Å²) in [5, 5.41) is 3.47. The molecule has 1 aromatic heterocycles. The lowest BCUT2D eigenvalue weighted by molar-refractivity contribution is -0.120. The topological polar surface area (TPSA) is 73.2 Å². The average Bonchev–Trinajstić information content (AvgIpc) is 2.58. The van der Waals surface area contributed by atoms with Crippen molar-refractivity contribution >= 4 is 28.6 Å². The lowest BCUT2D eigenvalue weighted by atomic mass is 10.2. The van der Waals surface area contributed by atoms with E-state index in [1.54, 1.807) is 36.8 Å². The van der Waals surface area contributed by atoms with E-state index < -0.39 is 0 Å². The van der Waals surface area contributed by atoms with Gasteiger partial charge in [-0.05, 0) is 19.1 Å². The average molecular weight is 347 g/mol. The van der Waals surface area contributed by atoms with Gasteiger partial charge in [0, 0.05) is 20.2 Å². The molecule has 1 aromatic carbocycles. The van der Waals surface area contributed by atoms with Gasteiger partial charge in [0.25, 0.3) is 5.56 Å². The van der Waals surface area contributed by atoms with E-state index in [2.05, 4.69) is 16.9 Å². The third kappa shape index (κ3) is 4.24. The van der Waals surface area contributed by atoms with Gasteiger partial charge >= 0.3 is 0 Å². The number of hydrogen-bond donors (Lipinski definition) is 1. The van der Waals surface area contributed by atoms with Gasteiger partial charge < -0.3 is 10.1 Å². The van der Waals surface area contributed by atoms with Crippen LogP contribution in [0.5, 0.6) is 0 Å². The number of thioether (sulfide) groups is 1. The Morgan fingerprint density at radius 3 is 2.96 bits per heavy atom. The first-order chi connectivity index (χ1) is 11.6. The second-order valence-corrected chi connectivity index (χ2v) is 6.47. The fourth-order valence-corrected chi connectivity index (χ4v) is 3.10. The van der Waals surface area contributed by atoms with E-state index in [0.29, 0.717) is 35.8 Å². The fraction of sp³-hybridized carbons (Fsp3) is 0.353. The molecular weight excluding hydrogens is 326 g/mol. The molecule has 1 N–H and O–H groups in total. The number of ether oxygens (including phenoxy) is 1. The summed E-state index contributed by atoms with van der Waals surface area (Å²) in [7, 11) is 1.58. The first-order valence-electron chi connectivity index (χ1n) is 7.62. The van der Waals surface area contributed by atoms with E-state index in [-0.39, 0.29) is 16.7 Å². The monoisotopic (exact) mass is 347 g/mol. The SMILES string of the molecule is C=CCn1c(S[C@H](C)C(=O)NCCOC)nc2ccccc2c1=O. The van der Waals surface area contributed by atoms with Crippen LogP contribution in [0.15, 0.2) is 46.9 Å². The Morgan fingerprint density at radius 1 is 1.50 bits per heavy atom. The molecule has 0 aliphatic carbocycles. The smallest absolute Gasteiger partial charge is 0.262 e. The number of nitrogens with one attached hydrogen (secondary N) is 1. The first kappa shape index (κ1) is 18.2. The molecule has 0 saturated heterocycles. The minimum absolute atomic E-state index is 0.121. The Balaban J connectivity index is 2.29. The number of carbonyl (C=O) groups is 1. The van der Waals surface area contributed by atoms with E-state index in [4.69, 9.17) is 4.74 Å². The number of allylic oxidation sites excluding steroid dienone is 1. The van der Waals surface area contributed by atoms with Crippen molar-refractivity contribution < 1.29 is 9.53 Å². The zero-order valence-electron chi connectivity index (χ0n) is 13.8. The summed E-state index contributed by atoms with van der Waals surface area (Å²) in [5.74, 6) is -0.121. The maximum Gasteiger partial charge on any atom is 0.262 e. The van der Waals surface area contributed by atoms with Gasteiger partial charge in [0.05, 0.1) is 22.8 Å². The highest BCUT2D eigenvalue weighted by atomic mass is 32.2. The maximum atomic E-state index is 12.6. The van der Waals surface area contributed by atoms with Crippen LogP contribution < -0.4 is 10.9 Å². The Labute approximate surface area is 144 Å². The summed E-state index contributed by atoms with van der Waals surface area (Å²) in [4.78, 5) is 29.3. The van der Waals surface area contributed by atoms with Crippen LogP contribution in [0.25, 0.3) is 10.9 Å². The van der Waals surface area contributed by atoms with Crippen LogP contribution in [-0.2, 0) is 16.1 Å². The van der Waals surface area contributed by atoms with E-state index in [0.717, 1.165) is 0 Å². The second kappa shape index (κ2) is 8.65. The molecule has 6 nitrogen and oxygen atoms in total. The standard InChI is InChI=1S/C17H21N3O3S/c1-4-10-20-16(22)13-7-5-6-8-14(13)19-17(20)24-12(2)15(21)18-9-11-23-3/h4-8,12H,1,9-11H2,2-3H3,(H,18,21)/t12-/m1/s1. The lowest BCUT2D eigenvalue weighted by Gasteiger charge is -2.15. The van der Waals surface area contributed by atoms with E-state index in [1.165, 1.54) is 11.8 Å². The van der Waals surface area contributed by atoms with Crippen LogP contribution in [-0.4, -0.2) is 41.0 Å². The van der Waals surface area contributed by atoms with E-state index >= 15 is 0 Å². The summed E-state index contributed by atoms with van der Waals surface area (Å²) in [6.07, 6.45) is 1.64. The molecule has 0 radical (unpaired) electrons. The number of rotatable bonds is 8. The van der Waals surface area contributed by atoms with Crippen LogP contribution >= 0.6 is 11.8 Å². The molecule has 0 aliphatic heterocycles. The highest BCUT2D eigenvalue weighted by Crippen LogP contribution is 2.22. The Bertz CT molecular complexity index is 788. The highest BCUT2D eigenvalue weighted by Gasteiger charge is 2.18. The molecule has 0 fully saturated rings. The maximum absolute atomic E-state index is 12.6. The minimum atomic E-state index is -0.383. The lowest BCUT2D eigenvalue weighted by Crippen LogP contribution is -2.34. The van der Waals surface area contributed by atoms with Crippen LogP contribution in [0.4, 0.5) is 0 Å². The summed E-state index contributed by atoms with van der Waals surface area (Å²) >= 11 is 1.26. The number of benzene rings is 1. The molecule has 0 saturated carbocycles. The number of fused-ring (bicyclic) bond motifs is 1. The molecule has 1 amide bonds. The van der Waals surface area contributed by atoms with Gasteiger partial charge in [-0.2, -0.15) is 0 Å². The van der Waals surface area contributed by atoms with Crippen LogP contribution in [0.1, 0.15) is 6.92 Å². The summed E-state index contributed by atoms with van der Waals surface area (Å²) in [6.45, 7) is 6.73. The molecule has 128 valence electrons. The van der Waals surface area contributed by atoms with Crippen molar-refractivity contribution in [1.82, 2.24) is 14.9 Å². The van der Waals surface area contributed by atoms with Gasteiger partial charge in [-0.15, -0.1) is 6.58 Å². The highest BCUT2D eigenvalue weighted by molar-refractivity contribution is 8.00. The van der Waals surface area contributed by atoms with Crippen molar-refractivity contribution in [2.75, 3.05) is 20.3 Å². The molecule has 2 aromatic rings. The number of para-hydroxylation sites is 1. The molecule has 0 bridgehead atoms. The van der Waals surface area contributed by atoms with Crippen molar-refractivity contribution in [2.24, 2.45) is 0 Å². The van der Waals surface area contributed by atoms with E-state index in [9.17, 15) is 9.59 Å². The zero-order valence-corrected chi connectivity index (χ0v) is 14.6. The minimum Gasteiger partial charge on any atom is -0.383 e.